The average molecular weight is 551 g/mol. The summed E-state index contributed by atoms with van der Waals surface area (Å²) < 4.78 is 6.34. The first kappa shape index (κ1) is 24.6. The van der Waals surface area contributed by atoms with Crippen molar-refractivity contribution >= 4 is 45.0 Å². The van der Waals surface area contributed by atoms with Crippen LogP contribution in [0.1, 0.15) is 58.6 Å². The van der Waals surface area contributed by atoms with E-state index in [0.717, 1.165) is 29.8 Å². The van der Waals surface area contributed by atoms with E-state index < -0.39 is 11.0 Å². The minimum atomic E-state index is -0.711. The predicted octanol–water partition coefficient (Wildman–Crippen LogP) is 5.86. The molecule has 2 bridgehead atoms. The van der Waals surface area contributed by atoms with Gasteiger partial charge in [0.25, 0.3) is 0 Å². The molecule has 2 aromatic carbocycles. The Balaban J connectivity index is 1.48. The molecule has 0 spiro atoms. The zero-order valence-electron chi connectivity index (χ0n) is 21.3. The number of benzene rings is 2. The normalized spacial score (nSPS) is 22.5. The molecule has 7 nitrogen and oxygen atoms in total. The maximum atomic E-state index is 13.6. The molecular weight excluding hydrogens is 520 g/mol. The van der Waals surface area contributed by atoms with E-state index in [-0.39, 0.29) is 24.1 Å². The third-order valence-corrected chi connectivity index (χ3v) is 8.09. The number of nitrogens with zero attached hydrogens (tertiary/aromatic N) is 4. The fourth-order valence-corrected chi connectivity index (χ4v) is 6.15. The molecule has 0 aliphatic carbocycles. The zero-order valence-corrected chi connectivity index (χ0v) is 22.9. The fourth-order valence-electron chi connectivity index (χ4n) is 5.71. The molecule has 36 heavy (non-hydrogen) atoms. The third-order valence-electron chi connectivity index (χ3n) is 7.43. The number of anilines is 3. The second-order valence-electron chi connectivity index (χ2n) is 11.4. The molecule has 2 amide bonds. The van der Waals surface area contributed by atoms with E-state index in [1.807, 2.05) is 63.8 Å². The van der Waals surface area contributed by atoms with Gasteiger partial charge in [0, 0.05) is 23.2 Å². The first-order valence-electron chi connectivity index (χ1n) is 12.4. The Morgan fingerprint density at radius 1 is 1.11 bits per heavy atom. The van der Waals surface area contributed by atoms with Crippen LogP contribution in [0.2, 0.25) is 0 Å². The van der Waals surface area contributed by atoms with Gasteiger partial charge < -0.3 is 9.64 Å². The number of rotatable bonds is 2. The number of carbonyl (C=O) groups excluding carboxylic acids is 2. The van der Waals surface area contributed by atoms with E-state index in [4.69, 9.17) is 4.74 Å². The maximum absolute atomic E-state index is 13.6. The number of carbonyl (C=O) groups is 2. The average Bonchev–Trinajstić information content (AvgIpc) is 3.18. The van der Waals surface area contributed by atoms with Crippen LogP contribution >= 0.6 is 15.9 Å². The summed E-state index contributed by atoms with van der Waals surface area (Å²) in [7, 11) is 0. The van der Waals surface area contributed by atoms with Crippen molar-refractivity contribution in [2.75, 3.05) is 22.9 Å². The maximum Gasteiger partial charge on any atom is 0.410 e. The molecule has 5 rings (SSSR count). The van der Waals surface area contributed by atoms with E-state index >= 15 is 0 Å². The second kappa shape index (κ2) is 8.52. The standard InChI is InChI=1S/C28H31BrN4O3/c1-27(2,3)36-26(35)32-18-9-10-19(32)16-31(15-18)17-11-12-21-24(13-17)33(25(34)28(21,4)5)23-8-6-7-22(29)20(23)14-30/h6-8,11-13,18-19H,9-10,15-16H2,1-5H3. The molecule has 0 N–H and O–H groups in total. The van der Waals surface area contributed by atoms with Crippen LogP contribution in [0.4, 0.5) is 21.9 Å². The molecule has 0 aromatic heterocycles. The van der Waals surface area contributed by atoms with Crippen LogP contribution in [0.25, 0.3) is 0 Å². The van der Waals surface area contributed by atoms with Gasteiger partial charge in [-0.3, -0.25) is 14.6 Å². The van der Waals surface area contributed by atoms with Crippen LogP contribution in [0.5, 0.6) is 0 Å². The van der Waals surface area contributed by atoms with Gasteiger partial charge in [-0.1, -0.05) is 12.1 Å². The fraction of sp³-hybridized carbons (Fsp3) is 0.464. The predicted molar refractivity (Wildman–Crippen MR) is 143 cm³/mol. The summed E-state index contributed by atoms with van der Waals surface area (Å²) in [6, 6.07) is 14.1. The van der Waals surface area contributed by atoms with Gasteiger partial charge in [0.05, 0.1) is 34.4 Å². The van der Waals surface area contributed by atoms with Gasteiger partial charge in [0.15, 0.2) is 0 Å². The number of ether oxygens (including phenoxy) is 1. The molecule has 3 aliphatic rings. The topological polar surface area (TPSA) is 76.9 Å². The van der Waals surface area contributed by atoms with Crippen molar-refractivity contribution in [1.82, 2.24) is 4.90 Å². The highest BCUT2D eigenvalue weighted by Gasteiger charge is 2.47. The Labute approximate surface area is 220 Å². The van der Waals surface area contributed by atoms with Crippen LogP contribution < -0.4 is 9.80 Å². The molecule has 0 saturated carbocycles. The summed E-state index contributed by atoms with van der Waals surface area (Å²) in [5.41, 5.74) is 2.54. The Kier molecular flexibility index (Phi) is 5.83. The number of halogens is 1. The van der Waals surface area contributed by atoms with Gasteiger partial charge in [0.1, 0.15) is 11.7 Å². The summed E-state index contributed by atoms with van der Waals surface area (Å²) >= 11 is 3.46. The Morgan fingerprint density at radius 2 is 1.78 bits per heavy atom. The Bertz CT molecular complexity index is 1280. The molecule has 2 unspecified atom stereocenters. The van der Waals surface area contributed by atoms with E-state index in [1.54, 1.807) is 4.90 Å². The number of hydrogen-bond donors (Lipinski definition) is 0. The Hall–Kier alpha value is -3.05. The lowest BCUT2D eigenvalue weighted by molar-refractivity contribution is -0.121. The van der Waals surface area contributed by atoms with Crippen molar-refractivity contribution in [3.05, 3.63) is 52.0 Å². The number of nitriles is 1. The number of hydrogen-bond acceptors (Lipinski definition) is 5. The minimum absolute atomic E-state index is 0.0564. The van der Waals surface area contributed by atoms with E-state index in [0.29, 0.717) is 28.8 Å². The molecule has 2 saturated heterocycles. The highest BCUT2D eigenvalue weighted by atomic mass is 79.9. The molecule has 3 aliphatic heterocycles. The first-order chi connectivity index (χ1) is 16.9. The molecule has 2 atom stereocenters. The lowest BCUT2D eigenvalue weighted by Crippen LogP contribution is -2.56. The van der Waals surface area contributed by atoms with E-state index in [9.17, 15) is 14.9 Å². The minimum Gasteiger partial charge on any atom is -0.444 e. The summed E-state index contributed by atoms with van der Waals surface area (Å²) in [6.45, 7) is 11.0. The largest absolute Gasteiger partial charge is 0.444 e. The molecule has 0 radical (unpaired) electrons. The SMILES string of the molecule is CC(C)(C)OC(=O)N1C2CCC1CN(c1ccc3c(c1)N(c1cccc(Br)c1C#N)C(=O)C3(C)C)C2. The number of fused-ring (bicyclic) bond motifs is 3. The van der Waals surface area contributed by atoms with Gasteiger partial charge in [0.2, 0.25) is 5.91 Å². The van der Waals surface area contributed by atoms with Crippen LogP contribution in [-0.2, 0) is 14.9 Å². The summed E-state index contributed by atoms with van der Waals surface area (Å²) in [4.78, 5) is 32.4. The van der Waals surface area contributed by atoms with Gasteiger partial charge in [-0.2, -0.15) is 5.26 Å². The lowest BCUT2D eigenvalue weighted by Gasteiger charge is -2.42. The molecule has 2 aromatic rings. The highest BCUT2D eigenvalue weighted by molar-refractivity contribution is 9.10. The van der Waals surface area contributed by atoms with E-state index in [2.05, 4.69) is 39.0 Å². The Morgan fingerprint density at radius 3 is 2.39 bits per heavy atom. The molecular formula is C28H31BrN4O3. The van der Waals surface area contributed by atoms with Crippen LogP contribution in [0.3, 0.4) is 0 Å². The first-order valence-corrected chi connectivity index (χ1v) is 13.2. The number of piperazine rings is 1. The quantitative estimate of drug-likeness (QED) is 0.467. The van der Waals surface area contributed by atoms with Crippen LogP contribution in [-0.4, -0.2) is 47.7 Å². The zero-order chi connectivity index (χ0) is 26.0. The van der Waals surface area contributed by atoms with Crippen LogP contribution in [0.15, 0.2) is 40.9 Å². The van der Waals surface area contributed by atoms with Gasteiger partial charge in [-0.15, -0.1) is 0 Å². The van der Waals surface area contributed by atoms with Crippen molar-refractivity contribution in [2.45, 2.75) is 70.6 Å². The molecule has 188 valence electrons. The summed E-state index contributed by atoms with van der Waals surface area (Å²) in [5, 5.41) is 9.82. The van der Waals surface area contributed by atoms with Crippen molar-refractivity contribution in [3.63, 3.8) is 0 Å². The van der Waals surface area contributed by atoms with Gasteiger partial charge >= 0.3 is 6.09 Å². The lowest BCUT2D eigenvalue weighted by atomic mass is 9.86. The molecule has 3 heterocycles. The highest BCUT2D eigenvalue weighted by Crippen LogP contribution is 2.48. The van der Waals surface area contributed by atoms with Crippen molar-refractivity contribution in [1.29, 1.82) is 5.26 Å². The van der Waals surface area contributed by atoms with Crippen molar-refractivity contribution < 1.29 is 14.3 Å². The van der Waals surface area contributed by atoms with Crippen molar-refractivity contribution in [2.24, 2.45) is 0 Å². The monoisotopic (exact) mass is 550 g/mol. The molecule has 2 fully saturated rings. The van der Waals surface area contributed by atoms with Crippen LogP contribution in [0, 0.1) is 11.3 Å². The van der Waals surface area contributed by atoms with Gasteiger partial charge in [-0.05, 0) is 93.2 Å². The van der Waals surface area contributed by atoms with Gasteiger partial charge in [-0.25, -0.2) is 4.79 Å². The van der Waals surface area contributed by atoms with E-state index in [1.165, 1.54) is 0 Å². The molecule has 8 heteroatoms. The number of amides is 2. The second-order valence-corrected chi connectivity index (χ2v) is 12.2. The summed E-state index contributed by atoms with van der Waals surface area (Å²) in [6.07, 6.45) is 1.67. The smallest absolute Gasteiger partial charge is 0.410 e. The van der Waals surface area contributed by atoms with Crippen molar-refractivity contribution in [3.8, 4) is 6.07 Å². The summed E-state index contributed by atoms with van der Waals surface area (Å²) in [5.74, 6) is -0.0564. The third kappa shape index (κ3) is 3.94.